The molecule has 3 aromatic carbocycles. The van der Waals surface area contributed by atoms with Crippen LogP contribution in [-0.4, -0.2) is 84.6 Å². The van der Waals surface area contributed by atoms with Crippen LogP contribution in [0.4, 0.5) is 0 Å². The fourth-order valence-corrected chi connectivity index (χ4v) is 5.77. The Kier molecular flexibility index (Phi) is 6.66. The SMILES string of the molecule is CC1O[C@@H](O[C@H]2C[C@@](O)(C(=O)CO)Cc3c2c(O)c2c(O)c4c(C=O)cccc4c(O)c2c3O)CC(N)C1O. The number of aldehydes is 1. The van der Waals surface area contributed by atoms with Crippen LogP contribution < -0.4 is 5.73 Å². The third-order valence-electron chi connectivity index (χ3n) is 7.82. The first-order chi connectivity index (χ1) is 18.4. The molecule has 9 N–H and O–H groups in total. The highest BCUT2D eigenvalue weighted by atomic mass is 16.7. The summed E-state index contributed by atoms with van der Waals surface area (Å²) >= 11 is 0. The second kappa shape index (κ2) is 9.59. The number of rotatable bonds is 5. The summed E-state index contributed by atoms with van der Waals surface area (Å²) < 4.78 is 11.7. The van der Waals surface area contributed by atoms with Crippen molar-refractivity contribution in [1.29, 1.82) is 0 Å². The van der Waals surface area contributed by atoms with E-state index in [1.54, 1.807) is 6.92 Å². The number of carbonyl (C=O) groups is 2. The average molecular weight is 544 g/mol. The molecule has 0 amide bonds. The molecule has 0 aromatic heterocycles. The van der Waals surface area contributed by atoms with Crippen molar-refractivity contribution in [3.8, 4) is 23.0 Å². The highest BCUT2D eigenvalue weighted by Gasteiger charge is 2.48. The van der Waals surface area contributed by atoms with Gasteiger partial charge in [-0.25, -0.2) is 0 Å². The topological polar surface area (TPSA) is 220 Å². The van der Waals surface area contributed by atoms with E-state index in [9.17, 15) is 45.3 Å². The molecule has 0 saturated carbocycles. The molecule has 2 aliphatic rings. The number of hydrogen-bond acceptors (Lipinski definition) is 12. The lowest BCUT2D eigenvalue weighted by Gasteiger charge is -2.41. The molecule has 1 fully saturated rings. The zero-order chi connectivity index (χ0) is 28.4. The fourth-order valence-electron chi connectivity index (χ4n) is 5.77. The summed E-state index contributed by atoms with van der Waals surface area (Å²) in [5.74, 6) is -3.38. The first-order valence-electron chi connectivity index (χ1n) is 12.4. The van der Waals surface area contributed by atoms with E-state index in [-0.39, 0.29) is 44.7 Å². The van der Waals surface area contributed by atoms with E-state index in [0.717, 1.165) is 0 Å². The molecule has 1 aliphatic carbocycles. The van der Waals surface area contributed by atoms with Gasteiger partial charge in [-0.2, -0.15) is 0 Å². The Morgan fingerprint density at radius 2 is 1.82 bits per heavy atom. The molecule has 0 spiro atoms. The van der Waals surface area contributed by atoms with Gasteiger partial charge in [-0.15, -0.1) is 0 Å². The molecule has 3 unspecified atom stereocenters. The van der Waals surface area contributed by atoms with Gasteiger partial charge >= 0.3 is 0 Å². The Morgan fingerprint density at radius 3 is 2.46 bits per heavy atom. The van der Waals surface area contributed by atoms with E-state index < -0.39 is 84.5 Å². The minimum Gasteiger partial charge on any atom is -0.507 e. The second-order valence-electron chi connectivity index (χ2n) is 10.2. The lowest BCUT2D eigenvalue weighted by molar-refractivity contribution is -0.247. The van der Waals surface area contributed by atoms with Crippen molar-refractivity contribution in [1.82, 2.24) is 0 Å². The average Bonchev–Trinajstić information content (AvgIpc) is 2.90. The highest BCUT2D eigenvalue weighted by molar-refractivity contribution is 6.18. The number of hydrogen-bond donors (Lipinski definition) is 8. The van der Waals surface area contributed by atoms with Gasteiger partial charge in [0.05, 0.1) is 29.1 Å². The van der Waals surface area contributed by atoms with Gasteiger partial charge in [-0.05, 0) is 6.92 Å². The Balaban J connectivity index is 1.77. The maximum Gasteiger partial charge on any atom is 0.190 e. The molecule has 208 valence electrons. The van der Waals surface area contributed by atoms with Gasteiger partial charge in [0.25, 0.3) is 0 Å². The van der Waals surface area contributed by atoms with Crippen LogP contribution in [0.2, 0.25) is 0 Å². The normalized spacial score (nSPS) is 28.9. The summed E-state index contributed by atoms with van der Waals surface area (Å²) in [4.78, 5) is 24.3. The fraction of sp³-hybridized carbons (Fsp3) is 0.407. The number of aromatic hydroxyl groups is 4. The predicted molar refractivity (Wildman–Crippen MR) is 136 cm³/mol. The van der Waals surface area contributed by atoms with Gasteiger partial charge in [0.2, 0.25) is 0 Å². The number of phenolic OH excluding ortho intramolecular Hbond substituents is 4. The van der Waals surface area contributed by atoms with Crippen molar-refractivity contribution in [2.24, 2.45) is 5.73 Å². The monoisotopic (exact) mass is 543 g/mol. The first kappa shape index (κ1) is 27.1. The summed E-state index contributed by atoms with van der Waals surface area (Å²) in [6, 6.07) is 3.54. The quantitative estimate of drug-likeness (QED) is 0.127. The molecule has 1 saturated heterocycles. The number of fused-ring (bicyclic) bond motifs is 3. The highest BCUT2D eigenvalue weighted by Crippen LogP contribution is 2.56. The van der Waals surface area contributed by atoms with E-state index in [1.807, 2.05) is 0 Å². The number of ketones is 1. The van der Waals surface area contributed by atoms with Crippen LogP contribution >= 0.6 is 0 Å². The summed E-state index contributed by atoms with van der Waals surface area (Å²) in [5, 5.41) is 75.3. The Bertz CT molecular complexity index is 1490. The standard InChI is InChI=1S/C27H29NO11/c1-10-22(32)14(28)5-17(38-10)39-15-7-27(37,16(31)9-30)6-13-19(15)26(36)21-20(24(13)34)23(33)12-4-2-3-11(8-29)18(12)25(21)35/h2-4,8,10,14-15,17,22,30,32-37H,5-7,9,28H2,1H3/t10?,14?,15-,17-,22?,27+/m0/s1. The van der Waals surface area contributed by atoms with Gasteiger partial charge in [-0.1, -0.05) is 18.2 Å². The van der Waals surface area contributed by atoms with Gasteiger partial charge in [0.1, 0.15) is 35.2 Å². The minimum atomic E-state index is -2.23. The van der Waals surface area contributed by atoms with Crippen LogP contribution in [0.3, 0.4) is 0 Å². The molecular formula is C27H29NO11. The number of carbonyl (C=O) groups excluding carboxylic acids is 2. The lowest BCUT2D eigenvalue weighted by Crippen LogP contribution is -2.52. The summed E-state index contributed by atoms with van der Waals surface area (Å²) in [5.41, 5.74) is 3.54. The largest absolute Gasteiger partial charge is 0.507 e. The Morgan fingerprint density at radius 1 is 1.13 bits per heavy atom. The van der Waals surface area contributed by atoms with E-state index in [4.69, 9.17) is 15.2 Å². The Labute approximate surface area is 221 Å². The molecule has 5 rings (SSSR count). The lowest BCUT2D eigenvalue weighted by atomic mass is 9.74. The predicted octanol–water partition coefficient (Wildman–Crippen LogP) is 0.747. The van der Waals surface area contributed by atoms with Crippen LogP contribution in [-0.2, 0) is 20.7 Å². The number of phenols is 4. The molecule has 1 heterocycles. The van der Waals surface area contributed by atoms with Crippen LogP contribution in [0.1, 0.15) is 47.4 Å². The maximum absolute atomic E-state index is 12.6. The molecule has 12 nitrogen and oxygen atoms in total. The molecule has 3 aromatic rings. The molecule has 6 atom stereocenters. The molecule has 12 heteroatoms. The van der Waals surface area contributed by atoms with Crippen LogP contribution in [0.5, 0.6) is 23.0 Å². The number of nitrogens with two attached hydrogens (primary N) is 1. The third kappa shape index (κ3) is 4.07. The van der Waals surface area contributed by atoms with E-state index in [0.29, 0.717) is 6.29 Å². The maximum atomic E-state index is 12.6. The Hall–Kier alpha value is -3.52. The van der Waals surface area contributed by atoms with Gasteiger partial charge in [0.15, 0.2) is 18.4 Å². The van der Waals surface area contributed by atoms with Crippen molar-refractivity contribution in [3.05, 3.63) is 34.9 Å². The van der Waals surface area contributed by atoms with Crippen molar-refractivity contribution < 1.29 is 54.8 Å². The number of ether oxygens (including phenoxy) is 2. The molecular weight excluding hydrogens is 514 g/mol. The first-order valence-corrected chi connectivity index (χ1v) is 12.4. The summed E-state index contributed by atoms with van der Waals surface area (Å²) in [6.45, 7) is 0.561. The van der Waals surface area contributed by atoms with Gasteiger partial charge in [0, 0.05) is 52.8 Å². The number of Topliss-reactive ketones (excluding diaryl/α,β-unsaturated/α-hetero) is 1. The van der Waals surface area contributed by atoms with Crippen molar-refractivity contribution in [2.75, 3.05) is 6.61 Å². The van der Waals surface area contributed by atoms with Crippen molar-refractivity contribution in [2.45, 2.75) is 62.4 Å². The third-order valence-corrected chi connectivity index (χ3v) is 7.82. The van der Waals surface area contributed by atoms with E-state index >= 15 is 0 Å². The molecule has 0 bridgehead atoms. The zero-order valence-electron chi connectivity index (χ0n) is 20.9. The number of benzene rings is 3. The van der Waals surface area contributed by atoms with Crippen LogP contribution in [0, 0.1) is 0 Å². The molecule has 39 heavy (non-hydrogen) atoms. The van der Waals surface area contributed by atoms with Crippen molar-refractivity contribution in [3.63, 3.8) is 0 Å². The zero-order valence-corrected chi connectivity index (χ0v) is 20.9. The number of aliphatic hydroxyl groups is 3. The van der Waals surface area contributed by atoms with E-state index in [1.165, 1.54) is 18.2 Å². The van der Waals surface area contributed by atoms with Gasteiger partial charge < -0.3 is 51.0 Å². The van der Waals surface area contributed by atoms with Gasteiger partial charge in [-0.3, -0.25) is 9.59 Å². The molecule has 0 radical (unpaired) electrons. The van der Waals surface area contributed by atoms with Crippen LogP contribution in [0.25, 0.3) is 21.5 Å². The summed E-state index contributed by atoms with van der Waals surface area (Å²) in [7, 11) is 0. The van der Waals surface area contributed by atoms with Crippen molar-refractivity contribution >= 4 is 33.6 Å². The summed E-state index contributed by atoms with van der Waals surface area (Å²) in [6.07, 6.45) is -4.63. The second-order valence-corrected chi connectivity index (χ2v) is 10.2. The number of aliphatic hydroxyl groups excluding tert-OH is 2. The van der Waals surface area contributed by atoms with Crippen LogP contribution in [0.15, 0.2) is 18.2 Å². The smallest absolute Gasteiger partial charge is 0.190 e. The molecule has 1 aliphatic heterocycles. The van der Waals surface area contributed by atoms with E-state index in [2.05, 4.69) is 0 Å². The minimum absolute atomic E-state index is 0.0155.